The normalized spacial score (nSPS) is 33.3. The number of hydroxylamine groups is 1. The van der Waals surface area contributed by atoms with Gasteiger partial charge in [-0.1, -0.05) is 0 Å². The smallest absolute Gasteiger partial charge is 0.274 e. The highest BCUT2D eigenvalue weighted by Crippen LogP contribution is 2.57. The zero-order chi connectivity index (χ0) is 16.9. The van der Waals surface area contributed by atoms with Crippen LogP contribution in [-0.2, 0) is 0 Å². The Morgan fingerprint density at radius 2 is 1.46 bits per heavy atom. The summed E-state index contributed by atoms with van der Waals surface area (Å²) in [4.78, 5) is 26.4. The molecule has 5 rings (SSSR count). The van der Waals surface area contributed by atoms with E-state index < -0.39 is 5.91 Å². The van der Waals surface area contributed by atoms with Gasteiger partial charge in [0.25, 0.3) is 11.8 Å². The zero-order valence-electron chi connectivity index (χ0n) is 14.0. The second-order valence-electron chi connectivity index (χ2n) is 8.02. The summed E-state index contributed by atoms with van der Waals surface area (Å²) in [7, 11) is 1.95. The topological polar surface area (TPSA) is 69.6 Å². The van der Waals surface area contributed by atoms with Crippen molar-refractivity contribution in [1.29, 1.82) is 0 Å². The molecule has 0 saturated heterocycles. The molecule has 0 aliphatic heterocycles. The first-order valence-electron chi connectivity index (χ1n) is 8.83. The van der Waals surface area contributed by atoms with Crippen molar-refractivity contribution >= 4 is 11.8 Å². The molecule has 4 bridgehead atoms. The molecule has 4 aliphatic rings. The molecule has 1 aromatic carbocycles. The Morgan fingerprint density at radius 1 is 1.00 bits per heavy atom. The van der Waals surface area contributed by atoms with Crippen LogP contribution in [0.5, 0.6) is 0 Å². The van der Waals surface area contributed by atoms with Crippen LogP contribution in [0.1, 0.15) is 59.2 Å². The fourth-order valence-corrected chi connectivity index (χ4v) is 5.71. The third-order valence-corrected chi connectivity index (χ3v) is 6.52. The standard InChI is InChI=1S/C19H24N2O3/c1-21(18(23)16-4-2-15(3-5-16)17(22)20-24)19-9-12-6-13(10-19)8-14(7-12)11-19/h2-5,12-14,24H,6-11H2,1H3,(H,20,22). The third kappa shape index (κ3) is 2.42. The molecule has 24 heavy (non-hydrogen) atoms. The monoisotopic (exact) mass is 328 g/mol. The van der Waals surface area contributed by atoms with E-state index in [4.69, 9.17) is 5.21 Å². The van der Waals surface area contributed by atoms with Gasteiger partial charge in [-0.15, -0.1) is 0 Å². The molecule has 1 aromatic rings. The second-order valence-corrected chi connectivity index (χ2v) is 8.02. The number of carbonyl (C=O) groups excluding carboxylic acids is 2. The lowest BCUT2D eigenvalue weighted by Crippen LogP contribution is -2.60. The van der Waals surface area contributed by atoms with Crippen LogP contribution in [-0.4, -0.2) is 34.5 Å². The molecule has 5 heteroatoms. The number of hydrogen-bond acceptors (Lipinski definition) is 3. The average molecular weight is 328 g/mol. The number of rotatable bonds is 3. The molecule has 5 nitrogen and oxygen atoms in total. The van der Waals surface area contributed by atoms with Crippen molar-refractivity contribution in [2.45, 2.75) is 44.1 Å². The van der Waals surface area contributed by atoms with Gasteiger partial charge in [0.05, 0.1) is 0 Å². The molecule has 2 amide bonds. The summed E-state index contributed by atoms with van der Waals surface area (Å²) in [6.45, 7) is 0. The van der Waals surface area contributed by atoms with E-state index in [1.54, 1.807) is 29.7 Å². The summed E-state index contributed by atoms with van der Waals surface area (Å²) >= 11 is 0. The summed E-state index contributed by atoms with van der Waals surface area (Å²) in [6.07, 6.45) is 7.50. The molecule has 4 aliphatic carbocycles. The molecule has 0 spiro atoms. The fraction of sp³-hybridized carbons (Fsp3) is 0.579. The quantitative estimate of drug-likeness (QED) is 0.662. The second kappa shape index (κ2) is 5.59. The molecule has 0 unspecified atom stereocenters. The highest BCUT2D eigenvalue weighted by Gasteiger charge is 2.53. The predicted octanol–water partition coefficient (Wildman–Crippen LogP) is 2.85. The Hall–Kier alpha value is -1.88. The molecule has 4 saturated carbocycles. The molecule has 0 aromatic heterocycles. The summed E-state index contributed by atoms with van der Waals surface area (Å²) < 4.78 is 0. The van der Waals surface area contributed by atoms with Crippen molar-refractivity contribution in [3.05, 3.63) is 35.4 Å². The van der Waals surface area contributed by atoms with Gasteiger partial charge in [0, 0.05) is 23.7 Å². The van der Waals surface area contributed by atoms with Crippen LogP contribution in [0.25, 0.3) is 0 Å². The number of nitrogens with one attached hydrogen (secondary N) is 1. The van der Waals surface area contributed by atoms with Gasteiger partial charge >= 0.3 is 0 Å². The summed E-state index contributed by atoms with van der Waals surface area (Å²) in [6, 6.07) is 6.49. The van der Waals surface area contributed by atoms with Crippen LogP contribution >= 0.6 is 0 Å². The maximum absolute atomic E-state index is 13.0. The number of amides is 2. The van der Waals surface area contributed by atoms with Crippen LogP contribution in [0.4, 0.5) is 0 Å². The zero-order valence-corrected chi connectivity index (χ0v) is 14.0. The fourth-order valence-electron chi connectivity index (χ4n) is 5.71. The van der Waals surface area contributed by atoms with Crippen molar-refractivity contribution in [3.8, 4) is 0 Å². The van der Waals surface area contributed by atoms with E-state index in [0.717, 1.165) is 37.0 Å². The first kappa shape index (κ1) is 15.6. The van der Waals surface area contributed by atoms with Crippen LogP contribution < -0.4 is 5.48 Å². The van der Waals surface area contributed by atoms with Crippen molar-refractivity contribution in [2.75, 3.05) is 7.05 Å². The Bertz CT molecular complexity index is 632. The first-order valence-corrected chi connectivity index (χ1v) is 8.83. The van der Waals surface area contributed by atoms with E-state index in [9.17, 15) is 9.59 Å². The molecule has 0 radical (unpaired) electrons. The summed E-state index contributed by atoms with van der Waals surface area (Å²) in [5.74, 6) is 1.85. The van der Waals surface area contributed by atoms with Crippen LogP contribution in [0.15, 0.2) is 24.3 Å². The third-order valence-electron chi connectivity index (χ3n) is 6.52. The maximum Gasteiger partial charge on any atom is 0.274 e. The van der Waals surface area contributed by atoms with Gasteiger partial charge in [-0.2, -0.15) is 0 Å². The van der Waals surface area contributed by atoms with E-state index in [-0.39, 0.29) is 11.4 Å². The lowest BCUT2D eigenvalue weighted by molar-refractivity contribution is -0.0665. The van der Waals surface area contributed by atoms with Crippen LogP contribution in [0.3, 0.4) is 0 Å². The van der Waals surface area contributed by atoms with Gasteiger partial charge < -0.3 is 4.90 Å². The number of hydrogen-bond donors (Lipinski definition) is 2. The van der Waals surface area contributed by atoms with Gasteiger partial charge in [0.2, 0.25) is 0 Å². The van der Waals surface area contributed by atoms with Crippen molar-refractivity contribution in [1.82, 2.24) is 10.4 Å². The number of nitrogens with zero attached hydrogens (tertiary/aromatic N) is 1. The lowest BCUT2D eigenvalue weighted by Gasteiger charge is -2.59. The minimum atomic E-state index is -0.566. The number of carbonyl (C=O) groups is 2. The lowest BCUT2D eigenvalue weighted by atomic mass is 9.52. The molecule has 128 valence electrons. The Balaban J connectivity index is 1.55. The molecular formula is C19H24N2O3. The van der Waals surface area contributed by atoms with E-state index in [1.807, 2.05) is 11.9 Å². The van der Waals surface area contributed by atoms with Gasteiger partial charge in [-0.3, -0.25) is 14.8 Å². The van der Waals surface area contributed by atoms with E-state index >= 15 is 0 Å². The molecule has 2 N–H and O–H groups in total. The van der Waals surface area contributed by atoms with Gasteiger partial charge in [0.15, 0.2) is 0 Å². The Labute approximate surface area is 142 Å². The highest BCUT2D eigenvalue weighted by atomic mass is 16.5. The van der Waals surface area contributed by atoms with Gasteiger partial charge in [-0.05, 0) is 80.5 Å². The predicted molar refractivity (Wildman–Crippen MR) is 88.7 cm³/mol. The summed E-state index contributed by atoms with van der Waals surface area (Å²) in [5.41, 5.74) is 2.58. The van der Waals surface area contributed by atoms with Gasteiger partial charge in [0.1, 0.15) is 0 Å². The molecule has 0 heterocycles. The van der Waals surface area contributed by atoms with Crippen molar-refractivity contribution < 1.29 is 14.8 Å². The van der Waals surface area contributed by atoms with E-state index in [0.29, 0.717) is 11.1 Å². The summed E-state index contributed by atoms with van der Waals surface area (Å²) in [5, 5.41) is 8.68. The SMILES string of the molecule is CN(C(=O)c1ccc(C(=O)NO)cc1)C12CC3CC(CC(C3)C1)C2. The number of benzene rings is 1. The maximum atomic E-state index is 13.0. The minimum absolute atomic E-state index is 0.0347. The Morgan fingerprint density at radius 3 is 1.92 bits per heavy atom. The molecule has 4 fully saturated rings. The first-order chi connectivity index (χ1) is 11.5. The Kier molecular flexibility index (Phi) is 3.64. The van der Waals surface area contributed by atoms with Crippen LogP contribution in [0, 0.1) is 17.8 Å². The van der Waals surface area contributed by atoms with Gasteiger partial charge in [-0.25, -0.2) is 5.48 Å². The van der Waals surface area contributed by atoms with E-state index in [2.05, 4.69) is 0 Å². The molecular weight excluding hydrogens is 304 g/mol. The minimum Gasteiger partial charge on any atom is -0.336 e. The van der Waals surface area contributed by atoms with Crippen molar-refractivity contribution in [2.24, 2.45) is 17.8 Å². The average Bonchev–Trinajstić information content (AvgIpc) is 2.58. The van der Waals surface area contributed by atoms with Crippen LogP contribution in [0.2, 0.25) is 0 Å². The van der Waals surface area contributed by atoms with E-state index in [1.165, 1.54) is 19.3 Å². The van der Waals surface area contributed by atoms with Crippen molar-refractivity contribution in [3.63, 3.8) is 0 Å². The largest absolute Gasteiger partial charge is 0.336 e. The highest BCUT2D eigenvalue weighted by molar-refractivity contribution is 5.97. The molecule has 0 atom stereocenters.